The third kappa shape index (κ3) is 3.05. The number of hydrogen-bond donors (Lipinski definition) is 3. The Morgan fingerprint density at radius 1 is 1.11 bits per heavy atom. The number of aromatic amines is 1. The van der Waals surface area contributed by atoms with E-state index in [1.54, 1.807) is 18.6 Å². The first-order chi connectivity index (χ1) is 13.1. The maximum absolute atomic E-state index is 8.53. The van der Waals surface area contributed by atoms with Gasteiger partial charge in [0.25, 0.3) is 0 Å². The predicted molar refractivity (Wildman–Crippen MR) is 104 cm³/mol. The van der Waals surface area contributed by atoms with Crippen molar-refractivity contribution in [3.05, 3.63) is 60.2 Å². The molecule has 4 rings (SSSR count). The van der Waals surface area contributed by atoms with Crippen LogP contribution in [0.15, 0.2) is 54.0 Å². The van der Waals surface area contributed by atoms with E-state index in [1.165, 1.54) is 6.20 Å². The molecule has 27 heavy (non-hydrogen) atoms. The van der Waals surface area contributed by atoms with Crippen LogP contribution in [-0.4, -0.2) is 37.0 Å². The van der Waals surface area contributed by atoms with E-state index in [-0.39, 0.29) is 17.7 Å². The van der Waals surface area contributed by atoms with Crippen molar-refractivity contribution in [2.45, 2.75) is 24.7 Å². The van der Waals surface area contributed by atoms with E-state index in [4.69, 9.17) is 16.2 Å². The van der Waals surface area contributed by atoms with Crippen molar-refractivity contribution in [1.82, 2.24) is 20.2 Å². The molecule has 2 aromatic heterocycles. The Balaban J connectivity index is 1.61. The lowest BCUT2D eigenvalue weighted by Crippen LogP contribution is -2.41. The Bertz CT molecular complexity index is 972. The van der Waals surface area contributed by atoms with Crippen molar-refractivity contribution in [1.29, 1.82) is 5.41 Å². The minimum Gasteiger partial charge on any atom is -0.578 e. The summed E-state index contributed by atoms with van der Waals surface area (Å²) in [4.78, 5) is 12.3. The molecule has 0 bridgehead atoms. The molecule has 0 unspecified atom stereocenters. The molecule has 0 aliphatic heterocycles. The van der Waals surface area contributed by atoms with Crippen LogP contribution in [0.2, 0.25) is 0 Å². The number of hydrogen-bond acceptors (Lipinski definition) is 5. The van der Waals surface area contributed by atoms with Gasteiger partial charge in [-0.2, -0.15) is 5.10 Å². The Morgan fingerprint density at radius 3 is 2.37 bits per heavy atom. The molecule has 2 heterocycles. The average molecular weight is 362 g/mol. The van der Waals surface area contributed by atoms with Crippen molar-refractivity contribution < 1.29 is 5.11 Å². The highest BCUT2D eigenvalue weighted by molar-refractivity contribution is 6.04. The van der Waals surface area contributed by atoms with Gasteiger partial charge in [0.05, 0.1) is 11.6 Å². The number of anilines is 1. The van der Waals surface area contributed by atoms with Crippen LogP contribution in [0.5, 0.6) is 0 Å². The first-order valence-corrected chi connectivity index (χ1v) is 8.65. The molecule has 8 nitrogen and oxygen atoms in total. The molecular weight excluding hydrogens is 342 g/mol. The Morgan fingerprint density at radius 2 is 1.81 bits per heavy atom. The number of aromatic nitrogens is 4. The van der Waals surface area contributed by atoms with Gasteiger partial charge in [-0.3, -0.25) is 10.5 Å². The number of H-pyrrole nitrogens is 1. The number of rotatable bonds is 4. The van der Waals surface area contributed by atoms with Crippen molar-refractivity contribution in [3.8, 4) is 11.1 Å². The second kappa shape index (κ2) is 6.64. The first-order valence-electron chi connectivity index (χ1n) is 8.65. The third-order valence-electron chi connectivity index (χ3n) is 5.10. The Kier molecular flexibility index (Phi) is 4.15. The standard InChI is InChI=1S/C19H19N7O/c20-17(26-16(27)14-10-24-25-11-14)19(6-1-7-19)15-4-2-12(3-5-15)13-8-22-18(21)23-9-13/h2-5,8-11H,1,6-7H2,(H,24,25)(H2,20,26,27)(H2,21,22,23)/p+1. The average Bonchev–Trinajstić information content (AvgIpc) is 3.17. The van der Waals surface area contributed by atoms with Crippen molar-refractivity contribution >= 4 is 17.7 Å². The fourth-order valence-electron chi connectivity index (χ4n) is 3.33. The van der Waals surface area contributed by atoms with Gasteiger partial charge >= 0.3 is 5.90 Å². The van der Waals surface area contributed by atoms with E-state index in [9.17, 15) is 0 Å². The van der Waals surface area contributed by atoms with Crippen LogP contribution in [0.4, 0.5) is 5.95 Å². The van der Waals surface area contributed by atoms with E-state index in [2.05, 4.69) is 25.2 Å². The lowest BCUT2D eigenvalue weighted by atomic mass is 9.63. The van der Waals surface area contributed by atoms with Crippen LogP contribution in [0, 0.1) is 5.41 Å². The first kappa shape index (κ1) is 16.9. The maximum Gasteiger partial charge on any atom is 0.369 e. The van der Waals surface area contributed by atoms with Crippen LogP contribution in [-0.2, 0) is 5.41 Å². The fraction of sp³-hybridized carbons (Fsp3) is 0.211. The third-order valence-corrected chi connectivity index (χ3v) is 5.10. The SMILES string of the molecule is N=C(N=C([OH2+])c1cn[nH]c1)C1(c2ccc(-c3cnc(N)nc3)cc2)CCC1. The minimum absolute atomic E-state index is 0.0515. The summed E-state index contributed by atoms with van der Waals surface area (Å²) in [6.45, 7) is 0. The van der Waals surface area contributed by atoms with Gasteiger partial charge in [-0.25, -0.2) is 9.97 Å². The summed E-state index contributed by atoms with van der Waals surface area (Å²) >= 11 is 0. The van der Waals surface area contributed by atoms with Gasteiger partial charge in [0.1, 0.15) is 11.4 Å². The Hall–Kier alpha value is -3.55. The van der Waals surface area contributed by atoms with Crippen molar-refractivity contribution in [2.24, 2.45) is 4.99 Å². The molecule has 136 valence electrons. The van der Waals surface area contributed by atoms with Crippen LogP contribution in [0.1, 0.15) is 30.4 Å². The summed E-state index contributed by atoms with van der Waals surface area (Å²) in [6.07, 6.45) is 9.30. The number of amidine groups is 1. The molecule has 0 amide bonds. The van der Waals surface area contributed by atoms with Gasteiger partial charge in [-0.15, -0.1) is 4.99 Å². The summed E-state index contributed by atoms with van der Waals surface area (Å²) in [5.74, 6) is 0.526. The second-order valence-corrected chi connectivity index (χ2v) is 6.64. The summed E-state index contributed by atoms with van der Waals surface area (Å²) in [5.41, 5.74) is 8.61. The number of nitrogens with zero attached hydrogens (tertiary/aromatic N) is 4. The van der Waals surface area contributed by atoms with Crippen LogP contribution in [0.25, 0.3) is 11.1 Å². The molecule has 1 fully saturated rings. The van der Waals surface area contributed by atoms with E-state index in [0.29, 0.717) is 5.56 Å². The van der Waals surface area contributed by atoms with Gasteiger partial charge in [0.15, 0.2) is 0 Å². The minimum atomic E-state index is -0.424. The van der Waals surface area contributed by atoms with E-state index in [0.717, 1.165) is 36.0 Å². The zero-order chi connectivity index (χ0) is 18.9. The van der Waals surface area contributed by atoms with Crippen LogP contribution >= 0.6 is 0 Å². The normalized spacial score (nSPS) is 15.9. The van der Waals surface area contributed by atoms with E-state index >= 15 is 0 Å². The molecule has 3 aromatic rings. The number of benzene rings is 1. The van der Waals surface area contributed by atoms with Gasteiger partial charge in [0, 0.05) is 24.2 Å². The van der Waals surface area contributed by atoms with Gasteiger partial charge in [-0.05, 0) is 24.0 Å². The van der Waals surface area contributed by atoms with Crippen molar-refractivity contribution in [3.63, 3.8) is 0 Å². The molecule has 0 radical (unpaired) electrons. The van der Waals surface area contributed by atoms with E-state index in [1.807, 2.05) is 24.3 Å². The van der Waals surface area contributed by atoms with Crippen molar-refractivity contribution in [2.75, 3.05) is 5.73 Å². The molecule has 6 N–H and O–H groups in total. The van der Waals surface area contributed by atoms with Gasteiger partial charge in [0.2, 0.25) is 5.95 Å². The largest absolute Gasteiger partial charge is 0.578 e. The maximum atomic E-state index is 8.53. The summed E-state index contributed by atoms with van der Waals surface area (Å²) < 4.78 is 0. The monoisotopic (exact) mass is 362 g/mol. The lowest BCUT2D eigenvalue weighted by Gasteiger charge is -2.41. The molecule has 0 atom stereocenters. The highest BCUT2D eigenvalue weighted by atomic mass is 16.3. The van der Waals surface area contributed by atoms with Gasteiger partial charge in [-0.1, -0.05) is 30.7 Å². The quantitative estimate of drug-likeness (QED) is 0.371. The summed E-state index contributed by atoms with van der Waals surface area (Å²) in [6, 6.07) is 8.05. The topological polar surface area (TPSA) is 140 Å². The Labute approximate surface area is 155 Å². The molecule has 1 aromatic carbocycles. The number of nitrogens with one attached hydrogen (secondary N) is 2. The summed E-state index contributed by atoms with van der Waals surface area (Å²) in [7, 11) is 0. The number of nitrogens with two attached hydrogens (primary N) is 1. The zero-order valence-corrected chi connectivity index (χ0v) is 14.6. The lowest BCUT2D eigenvalue weighted by molar-refractivity contribution is 0.336. The molecule has 1 aliphatic rings. The number of nitrogen functional groups attached to an aromatic ring is 1. The van der Waals surface area contributed by atoms with Gasteiger partial charge < -0.3 is 10.8 Å². The molecule has 0 saturated heterocycles. The highest BCUT2D eigenvalue weighted by Gasteiger charge is 2.43. The molecule has 0 spiro atoms. The molecule has 1 aliphatic carbocycles. The van der Waals surface area contributed by atoms with Crippen LogP contribution < -0.4 is 5.73 Å². The van der Waals surface area contributed by atoms with E-state index < -0.39 is 5.41 Å². The zero-order valence-electron chi connectivity index (χ0n) is 14.6. The fourth-order valence-corrected chi connectivity index (χ4v) is 3.33. The summed E-state index contributed by atoms with van der Waals surface area (Å²) in [5, 5.41) is 23.1. The predicted octanol–water partition coefficient (Wildman–Crippen LogP) is 2.02. The molecule has 1 saturated carbocycles. The van der Waals surface area contributed by atoms with Crippen LogP contribution in [0.3, 0.4) is 0 Å². The number of aliphatic imine (C=N–C) groups is 1. The highest BCUT2D eigenvalue weighted by Crippen LogP contribution is 2.45. The molecule has 8 heteroatoms. The smallest absolute Gasteiger partial charge is 0.369 e. The second-order valence-electron chi connectivity index (χ2n) is 6.64. The molecular formula is C19H20N7O+.